The molecule has 1 aromatic rings. The van der Waals surface area contributed by atoms with Crippen molar-refractivity contribution in [2.45, 2.75) is 38.1 Å². The van der Waals surface area contributed by atoms with Gasteiger partial charge in [0, 0.05) is 6.42 Å². The van der Waals surface area contributed by atoms with Crippen LogP contribution in [0.5, 0.6) is 0 Å². The third-order valence-corrected chi connectivity index (χ3v) is 3.40. The highest BCUT2D eigenvalue weighted by molar-refractivity contribution is 5.76. The van der Waals surface area contributed by atoms with Gasteiger partial charge in [-0.15, -0.1) is 0 Å². The number of carbonyl (C=O) groups excluding carboxylic acids is 1. The highest BCUT2D eigenvalue weighted by Gasteiger charge is 2.28. The molecular weight excluding hydrogens is 242 g/mol. The number of amides is 1. The summed E-state index contributed by atoms with van der Waals surface area (Å²) in [5.74, 6) is -0.124. The molecule has 0 unspecified atom stereocenters. The van der Waals surface area contributed by atoms with Gasteiger partial charge in [0.05, 0.1) is 18.8 Å². The van der Waals surface area contributed by atoms with E-state index in [9.17, 15) is 15.0 Å². The summed E-state index contributed by atoms with van der Waals surface area (Å²) in [7, 11) is 0. The Bertz CT molecular complexity index is 366. The van der Waals surface area contributed by atoms with E-state index >= 15 is 0 Å². The van der Waals surface area contributed by atoms with Crippen molar-refractivity contribution in [1.82, 2.24) is 5.32 Å². The van der Waals surface area contributed by atoms with Crippen LogP contribution in [0.25, 0.3) is 0 Å². The van der Waals surface area contributed by atoms with E-state index in [2.05, 4.69) is 5.32 Å². The highest BCUT2D eigenvalue weighted by Crippen LogP contribution is 2.10. The largest absolute Gasteiger partial charge is 0.394 e. The summed E-state index contributed by atoms with van der Waals surface area (Å²) in [5.41, 5.74) is 0.325. The minimum Gasteiger partial charge on any atom is -0.394 e. The molecule has 0 aliphatic rings. The lowest BCUT2D eigenvalue weighted by Gasteiger charge is -2.29. The Morgan fingerprint density at radius 3 is 2.37 bits per heavy atom. The monoisotopic (exact) mass is 265 g/mol. The van der Waals surface area contributed by atoms with E-state index in [0.29, 0.717) is 12.8 Å². The first-order valence-electron chi connectivity index (χ1n) is 6.72. The van der Waals surface area contributed by atoms with Crippen LogP contribution in [0.3, 0.4) is 0 Å². The molecule has 0 aromatic heterocycles. The zero-order valence-electron chi connectivity index (χ0n) is 11.4. The van der Waals surface area contributed by atoms with Crippen molar-refractivity contribution in [2.75, 3.05) is 13.2 Å². The average Bonchev–Trinajstić information content (AvgIpc) is 2.46. The SMILES string of the molecule is CCC(CO)(CO)NC(=O)CCCc1ccccc1. The topological polar surface area (TPSA) is 69.6 Å². The summed E-state index contributed by atoms with van der Waals surface area (Å²) >= 11 is 0. The van der Waals surface area contributed by atoms with Gasteiger partial charge >= 0.3 is 0 Å². The summed E-state index contributed by atoms with van der Waals surface area (Å²) in [6.07, 6.45) is 2.51. The minimum absolute atomic E-state index is 0.124. The second-order valence-electron chi connectivity index (χ2n) is 4.84. The zero-order valence-corrected chi connectivity index (χ0v) is 11.4. The highest BCUT2D eigenvalue weighted by atomic mass is 16.3. The molecule has 0 fully saturated rings. The fourth-order valence-electron chi connectivity index (χ4n) is 1.90. The summed E-state index contributed by atoms with van der Waals surface area (Å²) in [4.78, 5) is 11.8. The van der Waals surface area contributed by atoms with E-state index in [0.717, 1.165) is 12.8 Å². The maximum Gasteiger partial charge on any atom is 0.220 e. The summed E-state index contributed by atoms with van der Waals surface area (Å²) in [5, 5.41) is 21.2. The molecule has 0 spiro atoms. The van der Waals surface area contributed by atoms with Crippen LogP contribution in [0.15, 0.2) is 30.3 Å². The van der Waals surface area contributed by atoms with E-state index in [4.69, 9.17) is 0 Å². The van der Waals surface area contributed by atoms with Crippen molar-refractivity contribution in [3.05, 3.63) is 35.9 Å². The van der Waals surface area contributed by atoms with Crippen molar-refractivity contribution >= 4 is 5.91 Å². The van der Waals surface area contributed by atoms with Crippen molar-refractivity contribution in [3.63, 3.8) is 0 Å². The van der Waals surface area contributed by atoms with Gasteiger partial charge in [-0.2, -0.15) is 0 Å². The van der Waals surface area contributed by atoms with Gasteiger partial charge in [0.25, 0.3) is 0 Å². The first kappa shape index (κ1) is 15.7. The number of aliphatic hydroxyl groups is 2. The smallest absolute Gasteiger partial charge is 0.220 e. The summed E-state index contributed by atoms with van der Waals surface area (Å²) in [6.45, 7) is 1.34. The van der Waals surface area contributed by atoms with Crippen molar-refractivity contribution in [2.24, 2.45) is 0 Å². The van der Waals surface area contributed by atoms with Gasteiger partial charge in [0.2, 0.25) is 5.91 Å². The molecule has 19 heavy (non-hydrogen) atoms. The molecule has 1 rings (SSSR count). The number of hydrogen-bond acceptors (Lipinski definition) is 3. The molecule has 0 saturated heterocycles. The van der Waals surface area contributed by atoms with E-state index in [1.165, 1.54) is 5.56 Å². The first-order chi connectivity index (χ1) is 9.15. The molecule has 0 atom stereocenters. The Kier molecular flexibility index (Phi) is 6.53. The molecule has 0 aliphatic heterocycles. The minimum atomic E-state index is -0.885. The van der Waals surface area contributed by atoms with Gasteiger partial charge in [-0.05, 0) is 24.8 Å². The summed E-state index contributed by atoms with van der Waals surface area (Å²) < 4.78 is 0. The van der Waals surface area contributed by atoms with E-state index in [-0.39, 0.29) is 19.1 Å². The lowest BCUT2D eigenvalue weighted by Crippen LogP contribution is -2.53. The summed E-state index contributed by atoms with van der Waals surface area (Å²) in [6, 6.07) is 10.0. The molecule has 0 saturated carbocycles. The third kappa shape index (κ3) is 5.01. The number of hydrogen-bond donors (Lipinski definition) is 3. The molecule has 0 radical (unpaired) electrons. The Balaban J connectivity index is 2.35. The quantitative estimate of drug-likeness (QED) is 0.663. The van der Waals surface area contributed by atoms with Crippen LogP contribution >= 0.6 is 0 Å². The van der Waals surface area contributed by atoms with Crippen LogP contribution in [-0.4, -0.2) is 34.9 Å². The normalized spacial score (nSPS) is 11.3. The van der Waals surface area contributed by atoms with Crippen LogP contribution < -0.4 is 5.32 Å². The van der Waals surface area contributed by atoms with E-state index in [1.807, 2.05) is 37.3 Å². The molecular formula is C15H23NO3. The van der Waals surface area contributed by atoms with E-state index < -0.39 is 5.54 Å². The van der Waals surface area contributed by atoms with Crippen molar-refractivity contribution in [3.8, 4) is 0 Å². The van der Waals surface area contributed by atoms with Crippen LogP contribution in [0.2, 0.25) is 0 Å². The molecule has 106 valence electrons. The van der Waals surface area contributed by atoms with Crippen LogP contribution in [0.4, 0.5) is 0 Å². The molecule has 1 aromatic carbocycles. The number of benzene rings is 1. The lowest BCUT2D eigenvalue weighted by molar-refractivity contribution is -0.124. The second kappa shape index (κ2) is 7.92. The van der Waals surface area contributed by atoms with Crippen LogP contribution in [0, 0.1) is 0 Å². The number of aliphatic hydroxyl groups excluding tert-OH is 2. The number of rotatable bonds is 8. The standard InChI is InChI=1S/C15H23NO3/c1-2-15(11-17,12-18)16-14(19)10-6-9-13-7-4-3-5-8-13/h3-5,7-8,17-18H,2,6,9-12H2,1H3,(H,16,19). The molecule has 3 N–H and O–H groups in total. The Morgan fingerprint density at radius 2 is 1.84 bits per heavy atom. The molecule has 1 amide bonds. The van der Waals surface area contributed by atoms with Crippen LogP contribution in [-0.2, 0) is 11.2 Å². The van der Waals surface area contributed by atoms with Gasteiger partial charge in [0.15, 0.2) is 0 Å². The van der Waals surface area contributed by atoms with Gasteiger partial charge in [-0.25, -0.2) is 0 Å². The predicted molar refractivity (Wildman–Crippen MR) is 74.7 cm³/mol. The van der Waals surface area contributed by atoms with Gasteiger partial charge in [-0.1, -0.05) is 37.3 Å². The Morgan fingerprint density at radius 1 is 1.21 bits per heavy atom. The van der Waals surface area contributed by atoms with Gasteiger partial charge in [-0.3, -0.25) is 4.79 Å². The van der Waals surface area contributed by atoms with Crippen LogP contribution in [0.1, 0.15) is 31.7 Å². The number of nitrogens with one attached hydrogen (secondary N) is 1. The van der Waals surface area contributed by atoms with E-state index in [1.54, 1.807) is 0 Å². The molecule has 0 heterocycles. The zero-order chi connectivity index (χ0) is 14.1. The number of carbonyl (C=O) groups is 1. The van der Waals surface area contributed by atoms with Crippen molar-refractivity contribution < 1.29 is 15.0 Å². The number of aryl methyl sites for hydroxylation is 1. The maximum atomic E-state index is 11.8. The lowest BCUT2D eigenvalue weighted by atomic mass is 9.98. The Labute approximate surface area is 114 Å². The molecule has 4 heteroatoms. The third-order valence-electron chi connectivity index (χ3n) is 3.40. The van der Waals surface area contributed by atoms with Gasteiger partial charge in [0.1, 0.15) is 0 Å². The predicted octanol–water partition coefficient (Wildman–Crippen LogP) is 1.26. The maximum absolute atomic E-state index is 11.8. The molecule has 0 bridgehead atoms. The first-order valence-corrected chi connectivity index (χ1v) is 6.72. The molecule has 0 aliphatic carbocycles. The van der Waals surface area contributed by atoms with Crippen molar-refractivity contribution in [1.29, 1.82) is 0 Å². The second-order valence-corrected chi connectivity index (χ2v) is 4.84. The fourth-order valence-corrected chi connectivity index (χ4v) is 1.90. The molecule has 4 nitrogen and oxygen atoms in total. The van der Waals surface area contributed by atoms with Gasteiger partial charge < -0.3 is 15.5 Å². The Hall–Kier alpha value is -1.39. The average molecular weight is 265 g/mol. The fraction of sp³-hybridized carbons (Fsp3) is 0.533.